The molecule has 4 heterocycles. The van der Waals surface area contributed by atoms with E-state index in [1.807, 2.05) is 37.6 Å². The van der Waals surface area contributed by atoms with Gasteiger partial charge >= 0.3 is 5.97 Å². The van der Waals surface area contributed by atoms with Crippen LogP contribution in [0.25, 0.3) is 27.7 Å². The minimum atomic E-state index is -0.822. The fourth-order valence-electron chi connectivity index (χ4n) is 5.48. The van der Waals surface area contributed by atoms with E-state index < -0.39 is 29.1 Å². The summed E-state index contributed by atoms with van der Waals surface area (Å²) in [7, 11) is 1.91. The third kappa shape index (κ3) is 3.57. The molecule has 34 heavy (non-hydrogen) atoms. The standard InChI is InChI=1S/C26H28F2N4O2/c1-26(2,3)23(25(33)34)32-9-7-14(8-10-32)22-17-13-31(4)19-6-5-15(27)11-16(19)20-18(28)12-29-24(30-22)21(17)20/h5-7,11-12,23H,8-10,13H2,1-4H3,(H,29,30)(H,33,34). The Morgan fingerprint density at radius 2 is 2.03 bits per heavy atom. The number of aromatic amines is 1. The largest absolute Gasteiger partial charge is 0.480 e. The van der Waals surface area contributed by atoms with Gasteiger partial charge in [-0.25, -0.2) is 13.8 Å². The molecule has 0 amide bonds. The zero-order chi connectivity index (χ0) is 24.4. The molecule has 0 spiro atoms. The second-order valence-electron chi connectivity index (χ2n) is 10.3. The first-order valence-electron chi connectivity index (χ1n) is 11.4. The minimum Gasteiger partial charge on any atom is -0.480 e. The van der Waals surface area contributed by atoms with Crippen molar-refractivity contribution < 1.29 is 18.7 Å². The van der Waals surface area contributed by atoms with Crippen LogP contribution in [0, 0.1) is 17.0 Å². The van der Waals surface area contributed by atoms with Crippen molar-refractivity contribution in [3.63, 3.8) is 0 Å². The number of nitrogens with zero attached hydrogens (tertiary/aromatic N) is 3. The number of hydrogen-bond donors (Lipinski definition) is 2. The summed E-state index contributed by atoms with van der Waals surface area (Å²) in [5.41, 5.74) is 4.65. The third-order valence-electron chi connectivity index (χ3n) is 6.90. The third-order valence-corrected chi connectivity index (χ3v) is 6.90. The zero-order valence-electron chi connectivity index (χ0n) is 19.7. The van der Waals surface area contributed by atoms with Gasteiger partial charge in [-0.2, -0.15) is 0 Å². The Balaban J connectivity index is 1.61. The van der Waals surface area contributed by atoms with E-state index in [-0.39, 0.29) is 0 Å². The van der Waals surface area contributed by atoms with Crippen LogP contribution in [0.15, 0.2) is 30.5 Å². The molecule has 1 unspecified atom stereocenters. The molecule has 5 rings (SSSR count). The molecule has 2 aromatic heterocycles. The molecule has 3 aromatic rings. The topological polar surface area (TPSA) is 72.5 Å². The van der Waals surface area contributed by atoms with Gasteiger partial charge in [0.25, 0.3) is 0 Å². The first kappa shape index (κ1) is 22.5. The van der Waals surface area contributed by atoms with Crippen molar-refractivity contribution in [2.75, 3.05) is 25.0 Å². The Morgan fingerprint density at radius 3 is 2.68 bits per heavy atom. The van der Waals surface area contributed by atoms with Crippen molar-refractivity contribution >= 4 is 28.3 Å². The summed E-state index contributed by atoms with van der Waals surface area (Å²) in [5, 5.41) is 10.5. The Labute approximate surface area is 196 Å². The van der Waals surface area contributed by atoms with Gasteiger partial charge in [0.2, 0.25) is 0 Å². The summed E-state index contributed by atoms with van der Waals surface area (Å²) in [6.45, 7) is 7.43. The highest BCUT2D eigenvalue weighted by molar-refractivity contribution is 6.03. The Bertz CT molecular complexity index is 1340. The molecule has 0 saturated heterocycles. The number of carboxylic acid groups (broad SMARTS) is 1. The van der Waals surface area contributed by atoms with Crippen LogP contribution in [-0.2, 0) is 11.3 Å². The fraction of sp³-hybridized carbons (Fsp3) is 0.385. The summed E-state index contributed by atoms with van der Waals surface area (Å²) in [6.07, 6.45) is 3.89. The van der Waals surface area contributed by atoms with Crippen molar-refractivity contribution in [2.45, 2.75) is 39.8 Å². The molecule has 1 aromatic carbocycles. The number of benzene rings is 1. The lowest BCUT2D eigenvalue weighted by molar-refractivity contribution is -0.147. The van der Waals surface area contributed by atoms with Crippen LogP contribution >= 0.6 is 0 Å². The average molecular weight is 467 g/mol. The smallest absolute Gasteiger partial charge is 0.321 e. The van der Waals surface area contributed by atoms with E-state index in [0.29, 0.717) is 48.2 Å². The number of hydrogen-bond acceptors (Lipinski definition) is 4. The lowest BCUT2D eigenvalue weighted by Crippen LogP contribution is -2.50. The van der Waals surface area contributed by atoms with Gasteiger partial charge in [-0.05, 0) is 35.6 Å². The number of H-pyrrole nitrogens is 1. The molecule has 8 heteroatoms. The summed E-state index contributed by atoms with van der Waals surface area (Å²) < 4.78 is 29.3. The van der Waals surface area contributed by atoms with Crippen LogP contribution < -0.4 is 4.90 Å². The highest BCUT2D eigenvalue weighted by Crippen LogP contribution is 2.44. The second-order valence-corrected chi connectivity index (χ2v) is 10.3. The quantitative estimate of drug-likeness (QED) is 0.566. The van der Waals surface area contributed by atoms with Gasteiger partial charge in [0.05, 0.1) is 6.20 Å². The molecule has 0 saturated carbocycles. The lowest BCUT2D eigenvalue weighted by Gasteiger charge is -2.38. The van der Waals surface area contributed by atoms with Crippen LogP contribution in [0.4, 0.5) is 14.5 Å². The van der Waals surface area contributed by atoms with Crippen molar-refractivity contribution in [1.82, 2.24) is 14.9 Å². The molecular formula is C26H28F2N4O2. The number of fused-ring (bicyclic) bond motifs is 2. The van der Waals surface area contributed by atoms with Crippen LogP contribution in [-0.4, -0.2) is 52.1 Å². The normalized spacial score (nSPS) is 17.4. The number of aliphatic carboxylic acids is 1. The molecule has 2 aliphatic heterocycles. The number of nitrogens with one attached hydrogen (secondary N) is 1. The van der Waals surface area contributed by atoms with Gasteiger partial charge in [0.15, 0.2) is 0 Å². The molecule has 1 atom stereocenters. The van der Waals surface area contributed by atoms with Crippen LogP contribution in [0.3, 0.4) is 0 Å². The molecule has 0 aliphatic carbocycles. The van der Waals surface area contributed by atoms with E-state index in [9.17, 15) is 14.3 Å². The van der Waals surface area contributed by atoms with Crippen molar-refractivity contribution in [3.8, 4) is 11.1 Å². The second kappa shape index (κ2) is 7.91. The maximum absolute atomic E-state index is 15.1. The fourth-order valence-corrected chi connectivity index (χ4v) is 5.48. The Morgan fingerprint density at radius 1 is 1.26 bits per heavy atom. The number of carboxylic acids is 1. The van der Waals surface area contributed by atoms with Gasteiger partial charge < -0.3 is 15.0 Å². The highest BCUT2D eigenvalue weighted by Gasteiger charge is 2.37. The number of aromatic nitrogens is 2. The Hall–Kier alpha value is -3.26. The summed E-state index contributed by atoms with van der Waals surface area (Å²) in [4.78, 5) is 23.6. The van der Waals surface area contributed by atoms with Crippen molar-refractivity contribution in [3.05, 3.63) is 53.4 Å². The molecule has 0 bridgehead atoms. The minimum absolute atomic E-state index is 0.359. The highest BCUT2D eigenvalue weighted by atomic mass is 19.1. The van der Waals surface area contributed by atoms with Crippen LogP contribution in [0.5, 0.6) is 0 Å². The first-order valence-corrected chi connectivity index (χ1v) is 11.4. The Kier molecular flexibility index (Phi) is 5.24. The molecule has 0 radical (unpaired) electrons. The van der Waals surface area contributed by atoms with Gasteiger partial charge in [-0.1, -0.05) is 26.8 Å². The van der Waals surface area contributed by atoms with Gasteiger partial charge in [-0.3, -0.25) is 9.69 Å². The van der Waals surface area contributed by atoms with E-state index in [0.717, 1.165) is 22.5 Å². The molecule has 2 aliphatic rings. The monoisotopic (exact) mass is 466 g/mol. The SMILES string of the molecule is CN1Cc2c(C3=CCN(C(C(=O)O)C(C)(C)C)CC3)[nH]c3ncc(F)c(c23)-c2cc(F)ccc21. The number of anilines is 1. The predicted octanol–water partition coefficient (Wildman–Crippen LogP) is 5.05. The number of rotatable bonds is 3. The predicted molar refractivity (Wildman–Crippen MR) is 129 cm³/mol. The van der Waals surface area contributed by atoms with E-state index in [1.54, 1.807) is 6.07 Å². The summed E-state index contributed by atoms with van der Waals surface area (Å²) in [6, 6.07) is 3.86. The average Bonchev–Trinajstić information content (AvgIpc) is 3.04. The van der Waals surface area contributed by atoms with E-state index in [4.69, 9.17) is 0 Å². The molecule has 178 valence electrons. The summed E-state index contributed by atoms with van der Waals surface area (Å²) in [5.74, 6) is -1.73. The number of carbonyl (C=O) groups is 1. The van der Waals surface area contributed by atoms with Crippen molar-refractivity contribution in [1.29, 1.82) is 0 Å². The molecule has 6 nitrogen and oxygen atoms in total. The van der Waals surface area contributed by atoms with E-state index in [1.165, 1.54) is 18.3 Å². The van der Waals surface area contributed by atoms with E-state index in [2.05, 4.69) is 16.0 Å². The number of halogens is 2. The molecule has 2 N–H and O–H groups in total. The summed E-state index contributed by atoms with van der Waals surface area (Å²) >= 11 is 0. The van der Waals surface area contributed by atoms with E-state index >= 15 is 4.39 Å². The van der Waals surface area contributed by atoms with Gasteiger partial charge in [-0.15, -0.1) is 0 Å². The molecule has 0 fully saturated rings. The van der Waals surface area contributed by atoms with Crippen molar-refractivity contribution in [2.24, 2.45) is 5.41 Å². The zero-order valence-corrected chi connectivity index (χ0v) is 19.7. The first-order chi connectivity index (χ1) is 16.1. The van der Waals surface area contributed by atoms with Crippen LogP contribution in [0.2, 0.25) is 0 Å². The van der Waals surface area contributed by atoms with Gasteiger partial charge in [0, 0.05) is 60.1 Å². The van der Waals surface area contributed by atoms with Gasteiger partial charge in [0.1, 0.15) is 23.3 Å². The lowest BCUT2D eigenvalue weighted by atomic mass is 9.84. The maximum atomic E-state index is 15.1. The maximum Gasteiger partial charge on any atom is 0.321 e. The van der Waals surface area contributed by atoms with Crippen LogP contribution in [0.1, 0.15) is 38.4 Å². The molecular weight excluding hydrogens is 438 g/mol. The number of pyridine rings is 1.